The van der Waals surface area contributed by atoms with Crippen molar-refractivity contribution in [2.75, 3.05) is 5.73 Å². The fraction of sp³-hybridized carbons (Fsp3) is 0.111. The van der Waals surface area contributed by atoms with E-state index < -0.39 is 10.0 Å². The summed E-state index contributed by atoms with van der Waals surface area (Å²) in [6.45, 7) is 0.131. The predicted octanol–water partition coefficient (Wildman–Crippen LogP) is 1.36. The molecule has 0 atom stereocenters. The van der Waals surface area contributed by atoms with Crippen LogP contribution in [0, 0.1) is 0 Å². The zero-order chi connectivity index (χ0) is 13.2. The Morgan fingerprint density at radius 2 is 2.22 bits per heavy atom. The van der Waals surface area contributed by atoms with Crippen molar-refractivity contribution in [3.63, 3.8) is 0 Å². The maximum atomic E-state index is 12.0. The summed E-state index contributed by atoms with van der Waals surface area (Å²) in [5, 5.41) is 2.46. The Morgan fingerprint density at radius 1 is 1.44 bits per heavy atom. The molecular formula is C9H9BrN4O2S2. The number of anilines is 1. The summed E-state index contributed by atoms with van der Waals surface area (Å²) in [5.41, 5.74) is 5.56. The van der Waals surface area contributed by atoms with Crippen molar-refractivity contribution in [1.29, 1.82) is 0 Å². The van der Waals surface area contributed by atoms with Gasteiger partial charge in [0.2, 0.25) is 10.0 Å². The molecule has 96 valence electrons. The van der Waals surface area contributed by atoms with Crippen LogP contribution in [-0.4, -0.2) is 18.4 Å². The average Bonchev–Trinajstić information content (AvgIpc) is 2.83. The molecule has 18 heavy (non-hydrogen) atoms. The highest BCUT2D eigenvalue weighted by Crippen LogP contribution is 2.20. The highest BCUT2D eigenvalue weighted by molar-refractivity contribution is 9.10. The molecule has 6 nitrogen and oxygen atoms in total. The van der Waals surface area contributed by atoms with Gasteiger partial charge < -0.3 is 5.73 Å². The van der Waals surface area contributed by atoms with Crippen LogP contribution in [0.3, 0.4) is 0 Å². The molecule has 0 unspecified atom stereocenters. The summed E-state index contributed by atoms with van der Waals surface area (Å²) in [7, 11) is -3.69. The van der Waals surface area contributed by atoms with Crippen LogP contribution in [0.4, 0.5) is 5.82 Å². The fourth-order valence-corrected chi connectivity index (χ4v) is 3.44. The van der Waals surface area contributed by atoms with E-state index in [0.717, 1.165) is 0 Å². The standard InChI is InChI=1S/C9H9BrN4O2S2/c10-6-3-7(9(11)13-4-6)18(15,16)14-5-8-12-1-2-17-8/h1-4,14H,5H2,(H2,11,13). The van der Waals surface area contributed by atoms with Gasteiger partial charge in [-0.3, -0.25) is 0 Å². The smallest absolute Gasteiger partial charge is 0.244 e. The normalized spacial score (nSPS) is 11.6. The summed E-state index contributed by atoms with van der Waals surface area (Å²) >= 11 is 4.53. The van der Waals surface area contributed by atoms with E-state index in [-0.39, 0.29) is 17.3 Å². The molecule has 2 aromatic rings. The van der Waals surface area contributed by atoms with E-state index in [0.29, 0.717) is 9.48 Å². The van der Waals surface area contributed by atoms with Crippen molar-refractivity contribution >= 4 is 43.1 Å². The molecular weight excluding hydrogens is 340 g/mol. The van der Waals surface area contributed by atoms with Gasteiger partial charge >= 0.3 is 0 Å². The van der Waals surface area contributed by atoms with E-state index in [4.69, 9.17) is 5.73 Å². The van der Waals surface area contributed by atoms with Crippen LogP contribution in [0.25, 0.3) is 0 Å². The molecule has 0 radical (unpaired) electrons. The van der Waals surface area contributed by atoms with E-state index in [1.165, 1.54) is 23.6 Å². The zero-order valence-corrected chi connectivity index (χ0v) is 12.2. The van der Waals surface area contributed by atoms with Crippen LogP contribution in [0.5, 0.6) is 0 Å². The predicted molar refractivity (Wildman–Crippen MR) is 72.5 cm³/mol. The monoisotopic (exact) mass is 348 g/mol. The topological polar surface area (TPSA) is 98.0 Å². The second kappa shape index (κ2) is 5.31. The lowest BCUT2D eigenvalue weighted by Crippen LogP contribution is -2.24. The first kappa shape index (κ1) is 13.4. The number of nitrogen functional groups attached to an aromatic ring is 1. The van der Waals surface area contributed by atoms with E-state index in [2.05, 4.69) is 30.6 Å². The Morgan fingerprint density at radius 3 is 2.89 bits per heavy atom. The maximum Gasteiger partial charge on any atom is 0.244 e. The molecule has 0 aromatic carbocycles. The van der Waals surface area contributed by atoms with Gasteiger partial charge in [-0.25, -0.2) is 23.1 Å². The summed E-state index contributed by atoms with van der Waals surface area (Å²) < 4.78 is 27.0. The molecule has 0 fully saturated rings. The molecule has 0 spiro atoms. The SMILES string of the molecule is Nc1ncc(Br)cc1S(=O)(=O)NCc1nccs1. The molecule has 0 aliphatic carbocycles. The molecule has 9 heteroatoms. The third-order valence-corrected chi connectivity index (χ3v) is 4.68. The van der Waals surface area contributed by atoms with E-state index >= 15 is 0 Å². The van der Waals surface area contributed by atoms with E-state index in [1.54, 1.807) is 11.6 Å². The Kier molecular flexibility index (Phi) is 3.95. The van der Waals surface area contributed by atoms with Gasteiger partial charge in [0.05, 0.1) is 6.54 Å². The van der Waals surface area contributed by atoms with Crippen molar-refractivity contribution in [3.05, 3.63) is 33.3 Å². The number of hydrogen-bond acceptors (Lipinski definition) is 6. The van der Waals surface area contributed by atoms with Crippen LogP contribution in [0.15, 0.2) is 33.2 Å². The molecule has 0 aliphatic heterocycles. The Bertz CT molecular complexity index is 643. The molecule has 2 rings (SSSR count). The number of nitrogens with one attached hydrogen (secondary N) is 1. The van der Waals surface area contributed by atoms with Gasteiger partial charge in [-0.2, -0.15) is 0 Å². The first-order valence-electron chi connectivity index (χ1n) is 4.78. The molecule has 0 aliphatic rings. The van der Waals surface area contributed by atoms with Crippen LogP contribution in [0.2, 0.25) is 0 Å². The third-order valence-electron chi connectivity index (χ3n) is 2.03. The lowest BCUT2D eigenvalue weighted by atomic mass is 10.5. The minimum atomic E-state index is -3.69. The lowest BCUT2D eigenvalue weighted by molar-refractivity contribution is 0.581. The van der Waals surface area contributed by atoms with Crippen LogP contribution >= 0.6 is 27.3 Å². The quantitative estimate of drug-likeness (QED) is 0.869. The summed E-state index contributed by atoms with van der Waals surface area (Å²) in [6, 6.07) is 1.41. The minimum Gasteiger partial charge on any atom is -0.383 e. The number of sulfonamides is 1. The summed E-state index contributed by atoms with van der Waals surface area (Å²) in [4.78, 5) is 7.73. The molecule has 0 bridgehead atoms. The fourth-order valence-electron chi connectivity index (χ4n) is 1.22. The zero-order valence-electron chi connectivity index (χ0n) is 9.00. The highest BCUT2D eigenvalue weighted by atomic mass is 79.9. The molecule has 0 saturated heterocycles. The number of rotatable bonds is 4. The minimum absolute atomic E-state index is 0.0372. The van der Waals surface area contributed by atoms with Crippen LogP contribution in [-0.2, 0) is 16.6 Å². The van der Waals surface area contributed by atoms with Crippen molar-refractivity contribution in [3.8, 4) is 0 Å². The van der Waals surface area contributed by atoms with Crippen LogP contribution in [0.1, 0.15) is 5.01 Å². The van der Waals surface area contributed by atoms with E-state index in [1.807, 2.05) is 0 Å². The summed E-state index contributed by atoms with van der Waals surface area (Å²) in [6.07, 6.45) is 3.05. The first-order valence-corrected chi connectivity index (χ1v) is 7.93. The average molecular weight is 349 g/mol. The van der Waals surface area contributed by atoms with E-state index in [9.17, 15) is 8.42 Å². The van der Waals surface area contributed by atoms with Gasteiger partial charge in [0, 0.05) is 22.2 Å². The first-order chi connectivity index (χ1) is 8.49. The molecule has 0 amide bonds. The molecule has 3 N–H and O–H groups in total. The van der Waals surface area contributed by atoms with Crippen molar-refractivity contribution in [1.82, 2.24) is 14.7 Å². The van der Waals surface area contributed by atoms with Gasteiger partial charge in [0.1, 0.15) is 15.7 Å². The van der Waals surface area contributed by atoms with Gasteiger partial charge in [-0.15, -0.1) is 11.3 Å². The van der Waals surface area contributed by atoms with Crippen molar-refractivity contribution in [2.45, 2.75) is 11.4 Å². The number of halogens is 1. The van der Waals surface area contributed by atoms with Gasteiger partial charge in [0.15, 0.2) is 0 Å². The second-order valence-electron chi connectivity index (χ2n) is 3.29. The second-order valence-corrected chi connectivity index (χ2v) is 6.92. The summed E-state index contributed by atoms with van der Waals surface area (Å²) in [5.74, 6) is -0.0372. The number of aromatic nitrogens is 2. The molecule has 2 heterocycles. The Hall–Kier alpha value is -1.03. The number of nitrogens with two attached hydrogens (primary N) is 1. The van der Waals surface area contributed by atoms with Gasteiger partial charge in [-0.1, -0.05) is 0 Å². The largest absolute Gasteiger partial charge is 0.383 e. The van der Waals surface area contributed by atoms with Gasteiger partial charge in [0.25, 0.3) is 0 Å². The third kappa shape index (κ3) is 3.05. The highest BCUT2D eigenvalue weighted by Gasteiger charge is 2.18. The number of nitrogens with zero attached hydrogens (tertiary/aromatic N) is 2. The van der Waals surface area contributed by atoms with Crippen molar-refractivity contribution < 1.29 is 8.42 Å². The van der Waals surface area contributed by atoms with Crippen molar-refractivity contribution in [2.24, 2.45) is 0 Å². The molecule has 2 aromatic heterocycles. The van der Waals surface area contributed by atoms with Crippen LogP contribution < -0.4 is 10.5 Å². The number of hydrogen-bond donors (Lipinski definition) is 2. The Balaban J connectivity index is 2.22. The number of thiazole rings is 1. The number of pyridine rings is 1. The Labute approximate surface area is 116 Å². The lowest BCUT2D eigenvalue weighted by Gasteiger charge is -2.07. The maximum absolute atomic E-state index is 12.0. The van der Waals surface area contributed by atoms with Gasteiger partial charge in [-0.05, 0) is 22.0 Å². The molecule has 0 saturated carbocycles.